The molecule has 1 amide bonds. The highest BCUT2D eigenvalue weighted by atomic mass is 35.5. The van der Waals surface area contributed by atoms with Crippen LogP contribution in [0.4, 0.5) is 0 Å². The molecule has 0 spiro atoms. The molecule has 0 saturated carbocycles. The molecule has 1 atom stereocenters. The van der Waals surface area contributed by atoms with E-state index in [1.165, 1.54) is 7.11 Å². The summed E-state index contributed by atoms with van der Waals surface area (Å²) in [7, 11) is 1.52. The predicted molar refractivity (Wildman–Crippen MR) is 90.0 cm³/mol. The van der Waals surface area contributed by atoms with E-state index in [9.17, 15) is 4.79 Å². The monoisotopic (exact) mass is 367 g/mol. The molecular weight excluding hydrogens is 353 g/mol. The van der Waals surface area contributed by atoms with E-state index in [-0.39, 0.29) is 12.0 Å². The van der Waals surface area contributed by atoms with Crippen molar-refractivity contribution < 1.29 is 14.3 Å². The number of hydrogen-bond donors (Lipinski definition) is 0. The van der Waals surface area contributed by atoms with Gasteiger partial charge in [-0.3, -0.25) is 4.79 Å². The van der Waals surface area contributed by atoms with Crippen LogP contribution in [0.15, 0.2) is 30.3 Å². The van der Waals surface area contributed by atoms with E-state index >= 15 is 0 Å². The van der Waals surface area contributed by atoms with Crippen molar-refractivity contribution in [1.82, 2.24) is 15.1 Å². The molecule has 0 bridgehead atoms. The minimum Gasteiger partial charge on any atom is -0.480 e. The molecule has 2 aromatic rings. The van der Waals surface area contributed by atoms with Gasteiger partial charge in [0.2, 0.25) is 11.8 Å². The summed E-state index contributed by atoms with van der Waals surface area (Å²) in [6, 6.07) is 8.21. The molecule has 2 heterocycles. The van der Waals surface area contributed by atoms with Gasteiger partial charge in [-0.1, -0.05) is 23.2 Å². The van der Waals surface area contributed by atoms with Gasteiger partial charge in [0.25, 0.3) is 5.91 Å². The number of benzene rings is 1. The van der Waals surface area contributed by atoms with Gasteiger partial charge in [0, 0.05) is 30.1 Å². The molecule has 1 aromatic heterocycles. The van der Waals surface area contributed by atoms with Crippen molar-refractivity contribution in [3.8, 4) is 11.8 Å². The lowest BCUT2D eigenvalue weighted by Crippen LogP contribution is -2.31. The number of methoxy groups -OCH3 is 1. The predicted octanol–water partition coefficient (Wildman–Crippen LogP) is 3.09. The van der Waals surface area contributed by atoms with Gasteiger partial charge in [0.15, 0.2) is 0 Å². The number of halogens is 2. The summed E-state index contributed by atoms with van der Waals surface area (Å²) >= 11 is 12.0. The summed E-state index contributed by atoms with van der Waals surface area (Å²) in [6.45, 7) is 1.03. The summed E-state index contributed by atoms with van der Waals surface area (Å²) in [5.41, 5.74) is 0.397. The standard InChI is InChI=1S/C16H15Cl2N3O3/c1-23-14-4-5-15(20-19-14)24-11-6-7-21(9-11)16(22)12-8-10(17)2-3-13(12)18/h2-5,8,11H,6-7,9H2,1H3. The summed E-state index contributed by atoms with van der Waals surface area (Å²) in [4.78, 5) is 14.3. The molecule has 8 heteroatoms. The normalized spacial score (nSPS) is 17.0. The molecule has 6 nitrogen and oxygen atoms in total. The first-order valence-corrected chi connectivity index (χ1v) is 8.11. The first-order valence-electron chi connectivity index (χ1n) is 7.35. The van der Waals surface area contributed by atoms with E-state index in [0.717, 1.165) is 0 Å². The fourth-order valence-electron chi connectivity index (χ4n) is 2.49. The maximum atomic E-state index is 12.6. The zero-order chi connectivity index (χ0) is 17.1. The van der Waals surface area contributed by atoms with Gasteiger partial charge >= 0.3 is 0 Å². The molecule has 1 unspecified atom stereocenters. The molecule has 126 valence electrons. The van der Waals surface area contributed by atoms with Crippen LogP contribution in [0.5, 0.6) is 11.8 Å². The fourth-order valence-corrected chi connectivity index (χ4v) is 2.86. The Morgan fingerprint density at radius 1 is 1.21 bits per heavy atom. The van der Waals surface area contributed by atoms with Gasteiger partial charge in [-0.05, 0) is 18.2 Å². The third-order valence-corrected chi connectivity index (χ3v) is 4.27. The lowest BCUT2D eigenvalue weighted by molar-refractivity contribution is 0.0771. The second kappa shape index (κ2) is 7.23. The Kier molecular flexibility index (Phi) is 5.06. The first-order chi connectivity index (χ1) is 11.6. The average Bonchev–Trinajstić information content (AvgIpc) is 3.05. The average molecular weight is 368 g/mol. The van der Waals surface area contributed by atoms with Gasteiger partial charge in [0.1, 0.15) is 6.10 Å². The highest BCUT2D eigenvalue weighted by Crippen LogP contribution is 2.25. The van der Waals surface area contributed by atoms with Crippen LogP contribution in [0.25, 0.3) is 0 Å². The van der Waals surface area contributed by atoms with Crippen molar-refractivity contribution in [3.05, 3.63) is 45.9 Å². The molecule has 24 heavy (non-hydrogen) atoms. The summed E-state index contributed by atoms with van der Waals surface area (Å²) in [6.07, 6.45) is 0.562. The van der Waals surface area contributed by atoms with E-state index in [2.05, 4.69) is 10.2 Å². The minimum absolute atomic E-state index is 0.144. The number of rotatable bonds is 4. The number of likely N-dealkylation sites (tertiary alicyclic amines) is 1. The number of carbonyl (C=O) groups is 1. The quantitative estimate of drug-likeness (QED) is 0.830. The summed E-state index contributed by atoms with van der Waals surface area (Å²) in [5, 5.41) is 8.64. The van der Waals surface area contributed by atoms with Crippen LogP contribution >= 0.6 is 23.2 Å². The zero-order valence-electron chi connectivity index (χ0n) is 12.9. The van der Waals surface area contributed by atoms with Crippen LogP contribution in [0.3, 0.4) is 0 Å². The summed E-state index contributed by atoms with van der Waals surface area (Å²) in [5.74, 6) is 0.659. The molecular formula is C16H15Cl2N3O3. The minimum atomic E-state index is -0.158. The second-order valence-corrected chi connectivity index (χ2v) is 6.16. The van der Waals surface area contributed by atoms with Crippen LogP contribution < -0.4 is 9.47 Å². The highest BCUT2D eigenvalue weighted by molar-refractivity contribution is 6.35. The number of ether oxygens (including phenoxy) is 2. The molecule has 3 rings (SSSR count). The van der Waals surface area contributed by atoms with Crippen molar-refractivity contribution in [2.45, 2.75) is 12.5 Å². The van der Waals surface area contributed by atoms with Crippen molar-refractivity contribution in [2.75, 3.05) is 20.2 Å². The van der Waals surface area contributed by atoms with E-state index < -0.39 is 0 Å². The maximum absolute atomic E-state index is 12.6. The van der Waals surface area contributed by atoms with E-state index in [1.807, 2.05) is 0 Å². The molecule has 1 saturated heterocycles. The van der Waals surface area contributed by atoms with Crippen LogP contribution in [-0.2, 0) is 0 Å². The molecule has 0 aliphatic carbocycles. The number of aromatic nitrogens is 2. The lowest BCUT2D eigenvalue weighted by atomic mass is 10.2. The Morgan fingerprint density at radius 3 is 2.67 bits per heavy atom. The molecule has 1 aliphatic heterocycles. The van der Waals surface area contributed by atoms with Gasteiger partial charge in [-0.25, -0.2) is 0 Å². The maximum Gasteiger partial charge on any atom is 0.255 e. The van der Waals surface area contributed by atoms with Crippen LogP contribution in [-0.4, -0.2) is 47.3 Å². The largest absolute Gasteiger partial charge is 0.480 e. The van der Waals surface area contributed by atoms with Gasteiger partial charge in [0.05, 0.1) is 24.2 Å². The van der Waals surface area contributed by atoms with Crippen LogP contribution in [0, 0.1) is 0 Å². The highest BCUT2D eigenvalue weighted by Gasteiger charge is 2.29. The Hall–Kier alpha value is -2.05. The fraction of sp³-hybridized carbons (Fsp3) is 0.312. The topological polar surface area (TPSA) is 64.6 Å². The van der Waals surface area contributed by atoms with Gasteiger partial charge in [-0.15, -0.1) is 10.2 Å². The molecule has 0 N–H and O–H groups in total. The van der Waals surface area contributed by atoms with Crippen molar-refractivity contribution in [3.63, 3.8) is 0 Å². The Bertz CT molecular complexity index is 740. The number of carbonyl (C=O) groups excluding carboxylic acids is 1. The third-order valence-electron chi connectivity index (χ3n) is 3.70. The van der Waals surface area contributed by atoms with Crippen molar-refractivity contribution >= 4 is 29.1 Å². The number of hydrogen-bond acceptors (Lipinski definition) is 5. The Labute approximate surface area is 149 Å². The van der Waals surface area contributed by atoms with Crippen LogP contribution in [0.1, 0.15) is 16.8 Å². The van der Waals surface area contributed by atoms with E-state index in [0.29, 0.717) is 46.9 Å². The molecule has 1 aromatic carbocycles. The smallest absolute Gasteiger partial charge is 0.255 e. The number of amides is 1. The SMILES string of the molecule is COc1ccc(OC2CCN(C(=O)c3cc(Cl)ccc3Cl)C2)nn1. The second-order valence-electron chi connectivity index (χ2n) is 5.32. The molecule has 0 radical (unpaired) electrons. The van der Waals surface area contributed by atoms with Crippen molar-refractivity contribution in [2.24, 2.45) is 0 Å². The van der Waals surface area contributed by atoms with E-state index in [4.69, 9.17) is 32.7 Å². The Balaban J connectivity index is 1.64. The number of nitrogens with zero attached hydrogens (tertiary/aromatic N) is 3. The van der Waals surface area contributed by atoms with E-state index in [1.54, 1.807) is 35.2 Å². The molecule has 1 fully saturated rings. The van der Waals surface area contributed by atoms with Crippen molar-refractivity contribution in [1.29, 1.82) is 0 Å². The zero-order valence-corrected chi connectivity index (χ0v) is 14.4. The first kappa shape index (κ1) is 16.8. The van der Waals surface area contributed by atoms with Crippen LogP contribution in [0.2, 0.25) is 10.0 Å². The summed E-state index contributed by atoms with van der Waals surface area (Å²) < 4.78 is 10.7. The lowest BCUT2D eigenvalue weighted by Gasteiger charge is -2.17. The van der Waals surface area contributed by atoms with Gasteiger partial charge < -0.3 is 14.4 Å². The van der Waals surface area contributed by atoms with Gasteiger partial charge in [-0.2, -0.15) is 0 Å². The Morgan fingerprint density at radius 2 is 1.96 bits per heavy atom. The molecule has 1 aliphatic rings. The third kappa shape index (κ3) is 3.71.